The quantitative estimate of drug-likeness (QED) is 0.902. The van der Waals surface area contributed by atoms with Gasteiger partial charge in [-0.2, -0.15) is 0 Å². The van der Waals surface area contributed by atoms with Gasteiger partial charge in [-0.1, -0.05) is 19.1 Å². The highest BCUT2D eigenvalue weighted by molar-refractivity contribution is 5.96. The van der Waals surface area contributed by atoms with E-state index in [1.807, 2.05) is 6.92 Å². The van der Waals surface area contributed by atoms with Crippen molar-refractivity contribution in [1.29, 1.82) is 0 Å². The van der Waals surface area contributed by atoms with Gasteiger partial charge in [-0.3, -0.25) is 4.79 Å². The number of hydrogen-bond acceptors (Lipinski definition) is 3. The van der Waals surface area contributed by atoms with Gasteiger partial charge in [0.2, 0.25) is 5.91 Å². The lowest BCUT2D eigenvalue weighted by molar-refractivity contribution is -0.274. The first-order chi connectivity index (χ1) is 9.85. The summed E-state index contributed by atoms with van der Waals surface area (Å²) in [5.74, 6) is -0.356. The summed E-state index contributed by atoms with van der Waals surface area (Å²) in [6.45, 7) is 2.77. The molecule has 2 rings (SSSR count). The van der Waals surface area contributed by atoms with E-state index in [0.29, 0.717) is 12.3 Å². The third-order valence-electron chi connectivity index (χ3n) is 3.35. The minimum atomic E-state index is -4.79. The zero-order valence-corrected chi connectivity index (χ0v) is 11.5. The molecule has 0 aromatic heterocycles. The molecule has 0 radical (unpaired) electrons. The minimum Gasteiger partial charge on any atom is -0.404 e. The van der Waals surface area contributed by atoms with E-state index in [9.17, 15) is 18.0 Å². The van der Waals surface area contributed by atoms with Crippen molar-refractivity contribution < 1.29 is 22.7 Å². The van der Waals surface area contributed by atoms with Gasteiger partial charge in [-0.15, -0.1) is 13.2 Å². The average Bonchev–Trinajstić information content (AvgIpc) is 2.39. The molecule has 0 saturated carbocycles. The average molecular weight is 302 g/mol. The summed E-state index contributed by atoms with van der Waals surface area (Å²) in [5.41, 5.74) is 0.0138. The van der Waals surface area contributed by atoms with E-state index in [1.54, 1.807) is 0 Å². The fourth-order valence-corrected chi connectivity index (χ4v) is 2.31. The second kappa shape index (κ2) is 6.34. The first-order valence-electron chi connectivity index (χ1n) is 6.74. The highest BCUT2D eigenvalue weighted by Gasteiger charge is 2.32. The molecular weight excluding hydrogens is 285 g/mol. The summed E-state index contributed by atoms with van der Waals surface area (Å²) >= 11 is 0. The fourth-order valence-electron chi connectivity index (χ4n) is 2.31. The van der Waals surface area contributed by atoms with Crippen LogP contribution in [0.2, 0.25) is 0 Å². The number of nitrogens with one attached hydrogen (secondary N) is 2. The molecule has 2 atom stereocenters. The summed E-state index contributed by atoms with van der Waals surface area (Å²) in [6, 6.07) is 5.10. The molecule has 2 unspecified atom stereocenters. The number of halogens is 3. The zero-order valence-electron chi connectivity index (χ0n) is 11.5. The van der Waals surface area contributed by atoms with Crippen LogP contribution in [0.3, 0.4) is 0 Å². The Kier molecular flexibility index (Phi) is 4.72. The molecule has 1 aliphatic rings. The van der Waals surface area contributed by atoms with E-state index < -0.39 is 18.2 Å². The third-order valence-corrected chi connectivity index (χ3v) is 3.35. The van der Waals surface area contributed by atoms with Crippen LogP contribution >= 0.6 is 0 Å². The van der Waals surface area contributed by atoms with Gasteiger partial charge in [0, 0.05) is 0 Å². The lowest BCUT2D eigenvalue weighted by Gasteiger charge is -2.27. The first-order valence-corrected chi connectivity index (χ1v) is 6.74. The molecular formula is C14H17F3N2O2. The molecule has 0 aliphatic carbocycles. The van der Waals surface area contributed by atoms with Crippen LogP contribution in [0.5, 0.6) is 5.75 Å². The molecule has 7 heteroatoms. The number of alkyl halides is 3. The Bertz CT molecular complexity index is 505. The Hall–Kier alpha value is -1.76. The summed E-state index contributed by atoms with van der Waals surface area (Å²) in [7, 11) is 0. The number of ether oxygens (including phenoxy) is 1. The number of hydrogen-bond donors (Lipinski definition) is 2. The lowest BCUT2D eigenvalue weighted by Crippen LogP contribution is -2.45. The topological polar surface area (TPSA) is 50.4 Å². The van der Waals surface area contributed by atoms with Gasteiger partial charge in [-0.25, -0.2) is 0 Å². The maximum absolute atomic E-state index is 12.3. The Balaban J connectivity index is 2.07. The van der Waals surface area contributed by atoms with E-state index in [2.05, 4.69) is 15.4 Å². The van der Waals surface area contributed by atoms with E-state index >= 15 is 0 Å². The number of anilines is 1. The predicted molar refractivity (Wildman–Crippen MR) is 71.9 cm³/mol. The SMILES string of the molecule is CC1CCNC(C(=O)Nc2ccccc2OC(F)(F)F)C1. The van der Waals surface area contributed by atoms with Gasteiger partial charge in [0.15, 0.2) is 5.75 Å². The molecule has 0 spiro atoms. The zero-order chi connectivity index (χ0) is 15.5. The summed E-state index contributed by atoms with van der Waals surface area (Å²) in [5, 5.41) is 5.56. The maximum atomic E-state index is 12.3. The van der Waals surface area contributed by atoms with Crippen LogP contribution in [0.1, 0.15) is 19.8 Å². The molecule has 0 bridgehead atoms. The largest absolute Gasteiger partial charge is 0.573 e. The first kappa shape index (κ1) is 15.6. The highest BCUT2D eigenvalue weighted by atomic mass is 19.4. The number of piperidine rings is 1. The number of amides is 1. The normalized spacial score (nSPS) is 22.7. The molecule has 1 saturated heterocycles. The van der Waals surface area contributed by atoms with Gasteiger partial charge >= 0.3 is 6.36 Å². The number of rotatable bonds is 3. The maximum Gasteiger partial charge on any atom is 0.573 e. The van der Waals surface area contributed by atoms with E-state index in [-0.39, 0.29) is 11.6 Å². The van der Waals surface area contributed by atoms with Gasteiger partial charge in [-0.05, 0) is 37.4 Å². The van der Waals surface area contributed by atoms with Crippen molar-refractivity contribution in [2.75, 3.05) is 11.9 Å². The molecule has 1 aliphatic heterocycles. The van der Waals surface area contributed by atoms with Crippen molar-refractivity contribution >= 4 is 11.6 Å². The van der Waals surface area contributed by atoms with Crippen molar-refractivity contribution in [3.63, 3.8) is 0 Å². The fraction of sp³-hybridized carbons (Fsp3) is 0.500. The lowest BCUT2D eigenvalue weighted by atomic mass is 9.94. The van der Waals surface area contributed by atoms with Gasteiger partial charge in [0.05, 0.1) is 11.7 Å². The van der Waals surface area contributed by atoms with Crippen LogP contribution in [-0.2, 0) is 4.79 Å². The molecule has 1 heterocycles. The molecule has 4 nitrogen and oxygen atoms in total. The molecule has 1 aromatic carbocycles. The number of benzene rings is 1. The highest BCUT2D eigenvalue weighted by Crippen LogP contribution is 2.30. The molecule has 21 heavy (non-hydrogen) atoms. The minimum absolute atomic E-state index is 0.0138. The standard InChI is InChI=1S/C14H17F3N2O2/c1-9-6-7-18-11(8-9)13(20)19-10-4-2-3-5-12(10)21-14(15,16)17/h2-5,9,11,18H,6-8H2,1H3,(H,19,20). The molecule has 1 fully saturated rings. The van der Waals surface area contributed by atoms with Gasteiger partial charge in [0.25, 0.3) is 0 Å². The van der Waals surface area contributed by atoms with Crippen molar-refractivity contribution in [3.8, 4) is 5.75 Å². The monoisotopic (exact) mass is 302 g/mol. The second-order valence-electron chi connectivity index (χ2n) is 5.17. The van der Waals surface area contributed by atoms with Crippen LogP contribution in [0, 0.1) is 5.92 Å². The summed E-state index contributed by atoms with van der Waals surface area (Å²) in [4.78, 5) is 12.1. The predicted octanol–water partition coefficient (Wildman–Crippen LogP) is 2.91. The molecule has 116 valence electrons. The molecule has 1 aromatic rings. The van der Waals surface area contributed by atoms with Gasteiger partial charge in [0.1, 0.15) is 0 Å². The van der Waals surface area contributed by atoms with Gasteiger partial charge < -0.3 is 15.4 Å². The Morgan fingerprint density at radius 3 is 2.76 bits per heavy atom. The van der Waals surface area contributed by atoms with Crippen LogP contribution in [-0.4, -0.2) is 24.9 Å². The Morgan fingerprint density at radius 2 is 2.10 bits per heavy atom. The Morgan fingerprint density at radius 1 is 1.38 bits per heavy atom. The van der Waals surface area contributed by atoms with Crippen molar-refractivity contribution in [1.82, 2.24) is 5.32 Å². The van der Waals surface area contributed by atoms with Crippen LogP contribution in [0.15, 0.2) is 24.3 Å². The van der Waals surface area contributed by atoms with E-state index in [4.69, 9.17) is 0 Å². The second-order valence-corrected chi connectivity index (χ2v) is 5.17. The van der Waals surface area contributed by atoms with Crippen molar-refractivity contribution in [2.24, 2.45) is 5.92 Å². The number of carbonyl (C=O) groups excluding carboxylic acids is 1. The number of carbonyl (C=O) groups is 1. The van der Waals surface area contributed by atoms with E-state index in [0.717, 1.165) is 13.0 Å². The molecule has 2 N–H and O–H groups in total. The van der Waals surface area contributed by atoms with Crippen molar-refractivity contribution in [2.45, 2.75) is 32.2 Å². The van der Waals surface area contributed by atoms with Crippen LogP contribution in [0.4, 0.5) is 18.9 Å². The third kappa shape index (κ3) is 4.63. The summed E-state index contributed by atoms with van der Waals surface area (Å²) < 4.78 is 40.9. The number of para-hydroxylation sites is 2. The smallest absolute Gasteiger partial charge is 0.404 e. The van der Waals surface area contributed by atoms with Crippen LogP contribution in [0.25, 0.3) is 0 Å². The molecule has 1 amide bonds. The Labute approximate surface area is 120 Å². The van der Waals surface area contributed by atoms with Crippen molar-refractivity contribution in [3.05, 3.63) is 24.3 Å². The van der Waals surface area contributed by atoms with Crippen LogP contribution < -0.4 is 15.4 Å². The summed E-state index contributed by atoms with van der Waals surface area (Å²) in [6.07, 6.45) is -3.15. The van der Waals surface area contributed by atoms with E-state index in [1.165, 1.54) is 24.3 Å².